The van der Waals surface area contributed by atoms with Gasteiger partial charge in [-0.3, -0.25) is 14.7 Å². The number of hydrogen-bond acceptors (Lipinski definition) is 6. The summed E-state index contributed by atoms with van der Waals surface area (Å²) in [6.07, 6.45) is 0. The lowest BCUT2D eigenvalue weighted by atomic mass is 10.0. The van der Waals surface area contributed by atoms with Crippen LogP contribution in [0.1, 0.15) is 20.9 Å². The van der Waals surface area contributed by atoms with Crippen molar-refractivity contribution < 1.29 is 9.53 Å². The molecule has 1 fully saturated rings. The third kappa shape index (κ3) is 5.00. The number of aromatic nitrogens is 1. The molecule has 0 spiro atoms. The van der Waals surface area contributed by atoms with E-state index in [1.807, 2.05) is 49.4 Å². The Morgan fingerprint density at radius 1 is 1.23 bits per heavy atom. The zero-order valence-electron chi connectivity index (χ0n) is 17.4. The van der Waals surface area contributed by atoms with Crippen LogP contribution in [-0.4, -0.2) is 55.2 Å². The van der Waals surface area contributed by atoms with E-state index in [0.29, 0.717) is 22.7 Å². The molecule has 1 N–H and O–H groups in total. The SMILES string of the molecule is Cc1nc(-c2ccccc2)cc(-c2ccc(C#N)s2)c1C(=O)NCCN1CCOCC1. The second-order valence-electron chi connectivity index (χ2n) is 7.37. The van der Waals surface area contributed by atoms with E-state index < -0.39 is 0 Å². The third-order valence-electron chi connectivity index (χ3n) is 5.30. The Morgan fingerprint density at radius 3 is 2.71 bits per heavy atom. The fourth-order valence-corrected chi connectivity index (χ4v) is 4.52. The molecule has 2 aromatic heterocycles. The van der Waals surface area contributed by atoms with Gasteiger partial charge in [0.2, 0.25) is 0 Å². The van der Waals surface area contributed by atoms with Crippen LogP contribution < -0.4 is 5.32 Å². The van der Waals surface area contributed by atoms with Crippen molar-refractivity contribution in [3.8, 4) is 27.8 Å². The van der Waals surface area contributed by atoms with Crippen LogP contribution in [-0.2, 0) is 4.74 Å². The van der Waals surface area contributed by atoms with Gasteiger partial charge in [-0.1, -0.05) is 30.3 Å². The molecule has 0 aliphatic carbocycles. The van der Waals surface area contributed by atoms with Crippen LogP contribution in [0.5, 0.6) is 0 Å². The molecule has 1 aliphatic rings. The van der Waals surface area contributed by atoms with Gasteiger partial charge in [0.05, 0.1) is 30.2 Å². The van der Waals surface area contributed by atoms with Crippen molar-refractivity contribution >= 4 is 17.2 Å². The monoisotopic (exact) mass is 432 g/mol. The number of rotatable bonds is 6. The summed E-state index contributed by atoms with van der Waals surface area (Å²) in [5, 5.41) is 12.3. The van der Waals surface area contributed by atoms with E-state index in [0.717, 1.165) is 54.5 Å². The van der Waals surface area contributed by atoms with Gasteiger partial charge in [-0.05, 0) is 25.1 Å². The lowest BCUT2D eigenvalue weighted by molar-refractivity contribution is 0.0383. The number of thiophene rings is 1. The minimum atomic E-state index is -0.139. The standard InChI is InChI=1S/C24H24N4O2S/c1-17-23(24(29)26-9-10-28-11-13-30-14-12-28)20(22-8-7-19(16-25)31-22)15-21(27-17)18-5-3-2-4-6-18/h2-8,15H,9-14H2,1H3,(H,26,29). The average Bonchev–Trinajstić information content (AvgIpc) is 3.29. The molecule has 3 heterocycles. The van der Waals surface area contributed by atoms with E-state index in [1.165, 1.54) is 11.3 Å². The predicted octanol–water partition coefficient (Wildman–Crippen LogP) is 3.72. The number of benzene rings is 1. The fourth-order valence-electron chi connectivity index (χ4n) is 3.69. The van der Waals surface area contributed by atoms with Crippen LogP contribution >= 0.6 is 11.3 Å². The second kappa shape index (κ2) is 9.84. The summed E-state index contributed by atoms with van der Waals surface area (Å²) in [4.78, 5) is 21.7. The molecule has 1 aromatic carbocycles. The molecule has 0 atom stereocenters. The smallest absolute Gasteiger partial charge is 0.253 e. The van der Waals surface area contributed by atoms with Crippen molar-refractivity contribution in [2.24, 2.45) is 0 Å². The zero-order chi connectivity index (χ0) is 21.6. The van der Waals surface area contributed by atoms with Crippen LogP contribution in [0.4, 0.5) is 0 Å². The maximum atomic E-state index is 13.2. The van der Waals surface area contributed by atoms with Crippen LogP contribution in [0.3, 0.4) is 0 Å². The summed E-state index contributed by atoms with van der Waals surface area (Å²) in [6, 6.07) is 17.7. The number of nitriles is 1. The minimum absolute atomic E-state index is 0.139. The number of aryl methyl sites for hydroxylation is 1. The number of nitrogens with one attached hydrogen (secondary N) is 1. The van der Waals surface area contributed by atoms with E-state index >= 15 is 0 Å². The molecular weight excluding hydrogens is 408 g/mol. The zero-order valence-corrected chi connectivity index (χ0v) is 18.2. The van der Waals surface area contributed by atoms with Gasteiger partial charge >= 0.3 is 0 Å². The second-order valence-corrected chi connectivity index (χ2v) is 8.45. The summed E-state index contributed by atoms with van der Waals surface area (Å²) < 4.78 is 5.38. The highest BCUT2D eigenvalue weighted by Crippen LogP contribution is 2.34. The lowest BCUT2D eigenvalue weighted by Crippen LogP contribution is -2.41. The fraction of sp³-hybridized carbons (Fsp3) is 0.292. The number of nitrogens with zero attached hydrogens (tertiary/aromatic N) is 3. The number of carbonyl (C=O) groups excluding carboxylic acids is 1. The maximum Gasteiger partial charge on any atom is 0.253 e. The molecule has 0 saturated carbocycles. The topological polar surface area (TPSA) is 78.2 Å². The van der Waals surface area contributed by atoms with Crippen molar-refractivity contribution in [2.75, 3.05) is 39.4 Å². The summed E-state index contributed by atoms with van der Waals surface area (Å²) >= 11 is 1.39. The van der Waals surface area contributed by atoms with E-state index in [4.69, 9.17) is 9.72 Å². The third-order valence-corrected chi connectivity index (χ3v) is 6.32. The molecule has 1 saturated heterocycles. The number of pyridine rings is 1. The molecule has 0 bridgehead atoms. The van der Waals surface area contributed by atoms with Crippen LogP contribution in [0.2, 0.25) is 0 Å². The van der Waals surface area contributed by atoms with Crippen LogP contribution in [0.25, 0.3) is 21.7 Å². The first-order valence-corrected chi connectivity index (χ1v) is 11.1. The van der Waals surface area contributed by atoms with Gasteiger partial charge in [0, 0.05) is 42.2 Å². The summed E-state index contributed by atoms with van der Waals surface area (Å²) in [6.45, 7) is 6.47. The molecule has 3 aromatic rings. The largest absolute Gasteiger partial charge is 0.379 e. The summed E-state index contributed by atoms with van der Waals surface area (Å²) in [7, 11) is 0. The van der Waals surface area contributed by atoms with E-state index in [-0.39, 0.29) is 5.91 Å². The lowest BCUT2D eigenvalue weighted by Gasteiger charge is -2.26. The van der Waals surface area contributed by atoms with E-state index in [2.05, 4.69) is 16.3 Å². The van der Waals surface area contributed by atoms with Crippen molar-refractivity contribution in [1.82, 2.24) is 15.2 Å². The molecule has 158 valence electrons. The highest BCUT2D eigenvalue weighted by molar-refractivity contribution is 7.16. The minimum Gasteiger partial charge on any atom is -0.379 e. The van der Waals surface area contributed by atoms with Gasteiger partial charge in [0.15, 0.2) is 0 Å². The first-order chi connectivity index (χ1) is 15.2. The summed E-state index contributed by atoms with van der Waals surface area (Å²) in [5.41, 5.74) is 3.84. The first-order valence-electron chi connectivity index (χ1n) is 10.3. The van der Waals surface area contributed by atoms with Crippen LogP contribution in [0, 0.1) is 18.3 Å². The Kier molecular flexibility index (Phi) is 6.73. The quantitative estimate of drug-likeness (QED) is 0.642. The van der Waals surface area contributed by atoms with Gasteiger partial charge in [-0.2, -0.15) is 5.26 Å². The Bertz CT molecular complexity index is 1100. The Hall–Kier alpha value is -3.05. The number of ether oxygens (including phenoxy) is 1. The number of carbonyl (C=O) groups is 1. The molecular formula is C24H24N4O2S. The summed E-state index contributed by atoms with van der Waals surface area (Å²) in [5.74, 6) is -0.139. The van der Waals surface area contributed by atoms with Gasteiger partial charge < -0.3 is 10.1 Å². The van der Waals surface area contributed by atoms with Gasteiger partial charge in [-0.25, -0.2) is 0 Å². The van der Waals surface area contributed by atoms with Crippen molar-refractivity contribution in [1.29, 1.82) is 5.26 Å². The van der Waals surface area contributed by atoms with Crippen molar-refractivity contribution in [3.05, 3.63) is 64.7 Å². The van der Waals surface area contributed by atoms with Gasteiger partial charge in [-0.15, -0.1) is 11.3 Å². The number of hydrogen-bond donors (Lipinski definition) is 1. The highest BCUT2D eigenvalue weighted by Gasteiger charge is 2.20. The normalized spacial score (nSPS) is 14.2. The Labute approximate surface area is 186 Å². The molecule has 0 radical (unpaired) electrons. The number of amides is 1. The molecule has 1 aliphatic heterocycles. The molecule has 7 heteroatoms. The molecule has 0 unspecified atom stereocenters. The molecule has 31 heavy (non-hydrogen) atoms. The Morgan fingerprint density at radius 2 is 2.00 bits per heavy atom. The first kappa shape index (κ1) is 21.2. The predicted molar refractivity (Wildman–Crippen MR) is 122 cm³/mol. The van der Waals surface area contributed by atoms with Crippen molar-refractivity contribution in [2.45, 2.75) is 6.92 Å². The van der Waals surface area contributed by atoms with E-state index in [9.17, 15) is 10.1 Å². The Balaban J connectivity index is 1.63. The van der Waals surface area contributed by atoms with Gasteiger partial charge in [0.1, 0.15) is 10.9 Å². The van der Waals surface area contributed by atoms with Crippen molar-refractivity contribution in [3.63, 3.8) is 0 Å². The molecule has 4 rings (SSSR count). The average molecular weight is 433 g/mol. The van der Waals surface area contributed by atoms with E-state index in [1.54, 1.807) is 6.07 Å². The number of morpholine rings is 1. The highest BCUT2D eigenvalue weighted by atomic mass is 32.1. The van der Waals surface area contributed by atoms with Gasteiger partial charge in [0.25, 0.3) is 5.91 Å². The molecule has 1 amide bonds. The van der Waals surface area contributed by atoms with Crippen LogP contribution in [0.15, 0.2) is 48.5 Å². The molecule has 6 nitrogen and oxygen atoms in total. The maximum absolute atomic E-state index is 13.2.